The molecule has 0 atom stereocenters. The normalized spacial score (nSPS) is 10.9. The van der Waals surface area contributed by atoms with Crippen LogP contribution in [0.15, 0.2) is 42.9 Å². The first-order valence-corrected chi connectivity index (χ1v) is 8.03. The number of hydrogen-bond acceptors (Lipinski definition) is 8. The Morgan fingerprint density at radius 3 is 2.62 bits per heavy atom. The van der Waals surface area contributed by atoms with Crippen LogP contribution in [0, 0.1) is 6.92 Å². The Bertz CT molecular complexity index is 1060. The van der Waals surface area contributed by atoms with Gasteiger partial charge in [0.25, 0.3) is 11.7 Å². The standard InChI is InChI=1S/C17H17N9/c1-11-10-20-15(21-14(11)25(2)3)22-16-23-17-19-9-7-13(26(17)24-16)12-6-4-5-8-18-12/h4-10H,1-3H3,(H,20,21,22,24). The average Bonchev–Trinajstić information content (AvgIpc) is 3.06. The smallest absolute Gasteiger partial charge is 0.254 e. The Balaban J connectivity index is 1.72. The minimum atomic E-state index is 0.370. The summed E-state index contributed by atoms with van der Waals surface area (Å²) in [7, 11) is 3.87. The first-order valence-electron chi connectivity index (χ1n) is 8.03. The van der Waals surface area contributed by atoms with Crippen molar-refractivity contribution in [3.8, 4) is 11.4 Å². The molecule has 0 saturated heterocycles. The lowest BCUT2D eigenvalue weighted by Crippen LogP contribution is -2.14. The van der Waals surface area contributed by atoms with E-state index in [9.17, 15) is 0 Å². The second-order valence-electron chi connectivity index (χ2n) is 5.91. The molecule has 0 aliphatic rings. The minimum Gasteiger partial charge on any atom is -0.362 e. The molecule has 0 fully saturated rings. The fourth-order valence-corrected chi connectivity index (χ4v) is 2.60. The van der Waals surface area contributed by atoms with Crippen LogP contribution in [0.1, 0.15) is 5.56 Å². The van der Waals surface area contributed by atoms with Gasteiger partial charge < -0.3 is 4.90 Å². The van der Waals surface area contributed by atoms with Crippen molar-refractivity contribution in [3.63, 3.8) is 0 Å². The van der Waals surface area contributed by atoms with Crippen LogP contribution in [-0.2, 0) is 0 Å². The summed E-state index contributed by atoms with van der Waals surface area (Å²) >= 11 is 0. The molecule has 0 aliphatic heterocycles. The van der Waals surface area contributed by atoms with E-state index in [0.717, 1.165) is 22.8 Å². The van der Waals surface area contributed by atoms with Crippen LogP contribution >= 0.6 is 0 Å². The van der Waals surface area contributed by atoms with Crippen molar-refractivity contribution in [1.82, 2.24) is 34.5 Å². The maximum atomic E-state index is 4.50. The summed E-state index contributed by atoms with van der Waals surface area (Å²) < 4.78 is 1.64. The van der Waals surface area contributed by atoms with Gasteiger partial charge in [0.2, 0.25) is 5.95 Å². The number of rotatable bonds is 4. The molecule has 0 radical (unpaired) electrons. The average molecular weight is 347 g/mol. The first kappa shape index (κ1) is 15.9. The van der Waals surface area contributed by atoms with Gasteiger partial charge in [-0.3, -0.25) is 10.3 Å². The van der Waals surface area contributed by atoms with Crippen LogP contribution in [0.2, 0.25) is 0 Å². The molecule has 130 valence electrons. The fraction of sp³-hybridized carbons (Fsp3) is 0.176. The SMILES string of the molecule is Cc1cnc(Nc2nc3nccc(-c4ccccn4)n3n2)nc1N(C)C. The summed E-state index contributed by atoms with van der Waals surface area (Å²) in [6.07, 6.45) is 5.18. The van der Waals surface area contributed by atoms with Gasteiger partial charge in [0.05, 0.1) is 11.4 Å². The van der Waals surface area contributed by atoms with Gasteiger partial charge in [-0.05, 0) is 25.1 Å². The Kier molecular flexibility index (Phi) is 3.88. The largest absolute Gasteiger partial charge is 0.362 e. The zero-order valence-electron chi connectivity index (χ0n) is 14.6. The van der Waals surface area contributed by atoms with Crippen LogP contribution in [0.5, 0.6) is 0 Å². The predicted octanol–water partition coefficient (Wildman–Crippen LogP) is 2.09. The molecule has 0 saturated carbocycles. The van der Waals surface area contributed by atoms with E-state index in [1.807, 2.05) is 50.2 Å². The summed E-state index contributed by atoms with van der Waals surface area (Å²) in [5.41, 5.74) is 2.58. The number of anilines is 3. The highest BCUT2D eigenvalue weighted by Crippen LogP contribution is 2.19. The van der Waals surface area contributed by atoms with E-state index in [-0.39, 0.29) is 0 Å². The molecule has 0 bridgehead atoms. The molecule has 0 spiro atoms. The Morgan fingerprint density at radius 2 is 1.85 bits per heavy atom. The fourth-order valence-electron chi connectivity index (χ4n) is 2.60. The van der Waals surface area contributed by atoms with Crippen LogP contribution < -0.4 is 10.2 Å². The molecule has 4 aromatic rings. The van der Waals surface area contributed by atoms with Gasteiger partial charge in [0.1, 0.15) is 5.82 Å². The lowest BCUT2D eigenvalue weighted by molar-refractivity contribution is 0.941. The summed E-state index contributed by atoms with van der Waals surface area (Å²) in [5.74, 6) is 2.10. The molecular formula is C17H17N9. The molecule has 9 nitrogen and oxygen atoms in total. The number of fused-ring (bicyclic) bond motifs is 1. The molecule has 26 heavy (non-hydrogen) atoms. The maximum absolute atomic E-state index is 4.50. The third kappa shape index (κ3) is 2.90. The zero-order valence-corrected chi connectivity index (χ0v) is 14.6. The molecule has 0 amide bonds. The van der Waals surface area contributed by atoms with Crippen molar-refractivity contribution in [2.45, 2.75) is 6.92 Å². The molecule has 9 heteroatoms. The number of nitrogens with one attached hydrogen (secondary N) is 1. The highest BCUT2D eigenvalue weighted by molar-refractivity contribution is 5.58. The van der Waals surface area contributed by atoms with Crippen LogP contribution in [0.3, 0.4) is 0 Å². The van der Waals surface area contributed by atoms with Crippen molar-refractivity contribution in [2.75, 3.05) is 24.3 Å². The summed E-state index contributed by atoms with van der Waals surface area (Å²) in [6, 6.07) is 7.55. The van der Waals surface area contributed by atoms with Gasteiger partial charge in [-0.25, -0.2) is 9.97 Å². The van der Waals surface area contributed by atoms with Crippen LogP contribution in [0.4, 0.5) is 17.7 Å². The van der Waals surface area contributed by atoms with Crippen molar-refractivity contribution in [2.24, 2.45) is 0 Å². The molecular weight excluding hydrogens is 330 g/mol. The topological polar surface area (TPSA) is 97.0 Å². The predicted molar refractivity (Wildman–Crippen MR) is 98.4 cm³/mol. The second kappa shape index (κ2) is 6.36. The molecule has 4 rings (SSSR count). The van der Waals surface area contributed by atoms with E-state index in [1.54, 1.807) is 23.1 Å². The first-order chi connectivity index (χ1) is 12.6. The highest BCUT2D eigenvalue weighted by Gasteiger charge is 2.12. The molecule has 0 unspecified atom stereocenters. The maximum Gasteiger partial charge on any atom is 0.254 e. The van der Waals surface area contributed by atoms with E-state index < -0.39 is 0 Å². The monoisotopic (exact) mass is 347 g/mol. The Labute approximate surface area is 149 Å². The number of hydrogen-bond donors (Lipinski definition) is 1. The number of aryl methyl sites for hydroxylation is 1. The van der Waals surface area contributed by atoms with Gasteiger partial charge in [-0.15, -0.1) is 5.10 Å². The van der Waals surface area contributed by atoms with Crippen molar-refractivity contribution in [3.05, 3.63) is 48.4 Å². The second-order valence-corrected chi connectivity index (χ2v) is 5.91. The van der Waals surface area contributed by atoms with E-state index in [1.165, 1.54) is 0 Å². The molecule has 1 N–H and O–H groups in total. The third-order valence-electron chi connectivity index (χ3n) is 3.76. The van der Waals surface area contributed by atoms with Crippen molar-refractivity contribution in [1.29, 1.82) is 0 Å². The number of pyridine rings is 1. The molecule has 0 aromatic carbocycles. The quantitative estimate of drug-likeness (QED) is 0.599. The van der Waals surface area contributed by atoms with Gasteiger partial charge in [0, 0.05) is 38.2 Å². The summed E-state index contributed by atoms with van der Waals surface area (Å²) in [5, 5.41) is 7.52. The highest BCUT2D eigenvalue weighted by atomic mass is 15.4. The lowest BCUT2D eigenvalue weighted by Gasteiger charge is -2.14. The summed E-state index contributed by atoms with van der Waals surface area (Å²) in [6.45, 7) is 1.96. The van der Waals surface area contributed by atoms with Crippen molar-refractivity contribution < 1.29 is 0 Å². The lowest BCUT2D eigenvalue weighted by atomic mass is 10.2. The molecule has 4 aromatic heterocycles. The number of nitrogens with zero attached hydrogens (tertiary/aromatic N) is 8. The van der Waals surface area contributed by atoms with Gasteiger partial charge in [-0.1, -0.05) is 6.07 Å². The van der Waals surface area contributed by atoms with E-state index in [4.69, 9.17) is 0 Å². The third-order valence-corrected chi connectivity index (χ3v) is 3.76. The van der Waals surface area contributed by atoms with E-state index in [2.05, 4.69) is 35.3 Å². The van der Waals surface area contributed by atoms with Gasteiger partial charge in [-0.2, -0.15) is 14.5 Å². The molecule has 0 aliphatic carbocycles. The van der Waals surface area contributed by atoms with Crippen LogP contribution in [-0.4, -0.2) is 48.6 Å². The number of aromatic nitrogens is 7. The van der Waals surface area contributed by atoms with Gasteiger partial charge in [0.15, 0.2) is 0 Å². The Morgan fingerprint density at radius 1 is 0.962 bits per heavy atom. The van der Waals surface area contributed by atoms with Gasteiger partial charge >= 0.3 is 0 Å². The Hall–Kier alpha value is -3.62. The summed E-state index contributed by atoms with van der Waals surface area (Å²) in [4.78, 5) is 23.8. The van der Waals surface area contributed by atoms with Crippen molar-refractivity contribution >= 4 is 23.5 Å². The molecule has 4 heterocycles. The van der Waals surface area contributed by atoms with Crippen LogP contribution in [0.25, 0.3) is 17.2 Å². The van der Waals surface area contributed by atoms with E-state index >= 15 is 0 Å². The van der Waals surface area contributed by atoms with E-state index in [0.29, 0.717) is 17.7 Å². The zero-order chi connectivity index (χ0) is 18.1. The minimum absolute atomic E-state index is 0.370.